The van der Waals surface area contributed by atoms with Crippen molar-refractivity contribution in [3.8, 4) is 0 Å². The molecule has 0 aromatic rings. The van der Waals surface area contributed by atoms with Gasteiger partial charge >= 0.3 is 0 Å². The van der Waals surface area contributed by atoms with Crippen molar-refractivity contribution >= 4 is 0 Å². The van der Waals surface area contributed by atoms with Gasteiger partial charge in [-0.15, -0.1) is 0 Å². The molecule has 2 N–H and O–H groups in total. The van der Waals surface area contributed by atoms with Crippen molar-refractivity contribution in [2.45, 2.75) is 45.8 Å². The number of hydrogen-bond donors (Lipinski definition) is 1. The standard InChI is InChI=1S/C9H19NO/c1-4-9(5-2)6-11-7(3)8(9)10/h7-8H,4-6,10H2,1-3H3/t7-,8+/m0/s1. The fourth-order valence-corrected chi connectivity index (χ4v) is 1.92. The topological polar surface area (TPSA) is 35.2 Å². The average Bonchev–Trinajstić information content (AvgIpc) is 2.32. The Hall–Kier alpha value is -0.0800. The van der Waals surface area contributed by atoms with Crippen LogP contribution < -0.4 is 5.73 Å². The lowest BCUT2D eigenvalue weighted by Crippen LogP contribution is -2.42. The van der Waals surface area contributed by atoms with E-state index in [4.69, 9.17) is 10.5 Å². The van der Waals surface area contributed by atoms with E-state index in [0.29, 0.717) is 0 Å². The summed E-state index contributed by atoms with van der Waals surface area (Å²) in [5, 5.41) is 0. The monoisotopic (exact) mass is 157 g/mol. The normalized spacial score (nSPS) is 36.0. The molecule has 0 spiro atoms. The molecule has 1 aliphatic rings. The van der Waals surface area contributed by atoms with Crippen LogP contribution in [0.2, 0.25) is 0 Å². The van der Waals surface area contributed by atoms with Crippen molar-refractivity contribution in [2.75, 3.05) is 6.61 Å². The van der Waals surface area contributed by atoms with Crippen LogP contribution in [0.5, 0.6) is 0 Å². The van der Waals surface area contributed by atoms with E-state index >= 15 is 0 Å². The lowest BCUT2D eigenvalue weighted by molar-refractivity contribution is 0.102. The molecule has 0 amide bonds. The van der Waals surface area contributed by atoms with Crippen LogP contribution in [0, 0.1) is 5.41 Å². The Kier molecular flexibility index (Phi) is 2.55. The van der Waals surface area contributed by atoms with Crippen molar-refractivity contribution in [3.05, 3.63) is 0 Å². The van der Waals surface area contributed by atoms with Crippen LogP contribution in [0.25, 0.3) is 0 Å². The fourth-order valence-electron chi connectivity index (χ4n) is 1.92. The maximum absolute atomic E-state index is 6.05. The molecule has 0 radical (unpaired) electrons. The van der Waals surface area contributed by atoms with Gasteiger partial charge in [0, 0.05) is 11.5 Å². The molecular formula is C9H19NO. The number of nitrogens with two attached hydrogens (primary N) is 1. The average molecular weight is 157 g/mol. The molecule has 0 saturated carbocycles. The zero-order valence-electron chi connectivity index (χ0n) is 7.76. The van der Waals surface area contributed by atoms with E-state index in [0.717, 1.165) is 19.4 Å². The van der Waals surface area contributed by atoms with Gasteiger partial charge < -0.3 is 10.5 Å². The third-order valence-corrected chi connectivity index (χ3v) is 3.25. The van der Waals surface area contributed by atoms with Gasteiger partial charge in [0.25, 0.3) is 0 Å². The van der Waals surface area contributed by atoms with Crippen molar-refractivity contribution in [3.63, 3.8) is 0 Å². The second-order valence-electron chi connectivity index (χ2n) is 3.61. The summed E-state index contributed by atoms with van der Waals surface area (Å²) in [7, 11) is 0. The fraction of sp³-hybridized carbons (Fsp3) is 1.00. The minimum absolute atomic E-state index is 0.234. The van der Waals surface area contributed by atoms with Crippen LogP contribution in [0.1, 0.15) is 33.6 Å². The highest BCUT2D eigenvalue weighted by Gasteiger charge is 2.42. The number of rotatable bonds is 2. The van der Waals surface area contributed by atoms with Crippen LogP contribution in [-0.4, -0.2) is 18.8 Å². The summed E-state index contributed by atoms with van der Waals surface area (Å²) in [6.07, 6.45) is 2.51. The molecule has 1 heterocycles. The summed E-state index contributed by atoms with van der Waals surface area (Å²) >= 11 is 0. The van der Waals surface area contributed by atoms with Crippen molar-refractivity contribution in [1.29, 1.82) is 0 Å². The summed E-state index contributed by atoms with van der Waals surface area (Å²) in [6.45, 7) is 7.32. The Morgan fingerprint density at radius 1 is 1.45 bits per heavy atom. The van der Waals surface area contributed by atoms with Crippen LogP contribution in [0.4, 0.5) is 0 Å². The smallest absolute Gasteiger partial charge is 0.0704 e. The molecule has 66 valence electrons. The molecule has 0 aliphatic carbocycles. The maximum Gasteiger partial charge on any atom is 0.0704 e. The molecule has 0 bridgehead atoms. The summed E-state index contributed by atoms with van der Waals surface area (Å²) in [4.78, 5) is 0. The Morgan fingerprint density at radius 2 is 2.00 bits per heavy atom. The van der Waals surface area contributed by atoms with E-state index < -0.39 is 0 Å². The van der Waals surface area contributed by atoms with Crippen molar-refractivity contribution < 1.29 is 4.74 Å². The van der Waals surface area contributed by atoms with Gasteiger partial charge in [0.15, 0.2) is 0 Å². The summed E-state index contributed by atoms with van der Waals surface area (Å²) in [5.41, 5.74) is 6.32. The predicted octanol–water partition coefficient (Wildman–Crippen LogP) is 1.54. The highest BCUT2D eigenvalue weighted by Crippen LogP contribution is 2.37. The third kappa shape index (κ3) is 1.30. The van der Waals surface area contributed by atoms with E-state index in [-0.39, 0.29) is 17.6 Å². The Balaban J connectivity index is 2.69. The molecule has 2 heteroatoms. The minimum Gasteiger partial charge on any atom is -0.376 e. The lowest BCUT2D eigenvalue weighted by Gasteiger charge is -2.29. The molecular weight excluding hydrogens is 138 g/mol. The van der Waals surface area contributed by atoms with Gasteiger partial charge in [0.2, 0.25) is 0 Å². The van der Waals surface area contributed by atoms with Gasteiger partial charge in [0.05, 0.1) is 12.7 Å². The van der Waals surface area contributed by atoms with E-state index in [1.54, 1.807) is 0 Å². The van der Waals surface area contributed by atoms with Gasteiger partial charge in [-0.25, -0.2) is 0 Å². The molecule has 1 aliphatic heterocycles. The highest BCUT2D eigenvalue weighted by molar-refractivity contribution is 4.95. The zero-order valence-corrected chi connectivity index (χ0v) is 7.76. The molecule has 2 atom stereocenters. The Morgan fingerprint density at radius 3 is 2.18 bits per heavy atom. The van der Waals surface area contributed by atoms with Gasteiger partial charge in [-0.1, -0.05) is 13.8 Å². The van der Waals surface area contributed by atoms with Crippen LogP contribution >= 0.6 is 0 Å². The number of hydrogen-bond acceptors (Lipinski definition) is 2. The van der Waals surface area contributed by atoms with Crippen molar-refractivity contribution in [1.82, 2.24) is 0 Å². The van der Waals surface area contributed by atoms with Crippen LogP contribution in [-0.2, 0) is 4.74 Å². The first kappa shape index (κ1) is 9.01. The summed E-state index contributed by atoms with van der Waals surface area (Å²) < 4.78 is 5.54. The molecule has 1 saturated heterocycles. The lowest BCUT2D eigenvalue weighted by atomic mass is 9.77. The Labute approximate surface area is 69.1 Å². The molecule has 1 fully saturated rings. The van der Waals surface area contributed by atoms with Gasteiger partial charge in [-0.3, -0.25) is 0 Å². The van der Waals surface area contributed by atoms with E-state index in [1.165, 1.54) is 0 Å². The van der Waals surface area contributed by atoms with Crippen LogP contribution in [0.3, 0.4) is 0 Å². The molecule has 0 unspecified atom stereocenters. The van der Waals surface area contributed by atoms with Gasteiger partial charge in [-0.05, 0) is 19.8 Å². The highest BCUT2D eigenvalue weighted by atomic mass is 16.5. The second kappa shape index (κ2) is 3.11. The third-order valence-electron chi connectivity index (χ3n) is 3.25. The quantitative estimate of drug-likeness (QED) is 0.660. The predicted molar refractivity (Wildman–Crippen MR) is 46.4 cm³/mol. The first-order valence-electron chi connectivity index (χ1n) is 4.53. The largest absolute Gasteiger partial charge is 0.376 e. The molecule has 0 aromatic carbocycles. The Bertz CT molecular complexity index is 132. The molecule has 1 rings (SSSR count). The first-order valence-corrected chi connectivity index (χ1v) is 4.53. The number of ether oxygens (including phenoxy) is 1. The molecule has 2 nitrogen and oxygen atoms in total. The van der Waals surface area contributed by atoms with E-state index in [1.807, 2.05) is 0 Å². The van der Waals surface area contributed by atoms with Crippen LogP contribution in [0.15, 0.2) is 0 Å². The minimum atomic E-state index is 0.234. The van der Waals surface area contributed by atoms with E-state index in [2.05, 4.69) is 20.8 Å². The summed E-state index contributed by atoms with van der Waals surface area (Å²) in [5.74, 6) is 0. The molecule has 11 heavy (non-hydrogen) atoms. The SMILES string of the molecule is CCC1(CC)CO[C@@H](C)[C@H]1N. The summed E-state index contributed by atoms with van der Waals surface area (Å²) in [6, 6.07) is 0.234. The zero-order chi connectivity index (χ0) is 8.48. The maximum atomic E-state index is 6.05. The van der Waals surface area contributed by atoms with E-state index in [9.17, 15) is 0 Å². The first-order chi connectivity index (χ1) is 5.16. The van der Waals surface area contributed by atoms with Gasteiger partial charge in [-0.2, -0.15) is 0 Å². The van der Waals surface area contributed by atoms with Crippen molar-refractivity contribution in [2.24, 2.45) is 11.1 Å². The molecule has 0 aromatic heterocycles. The second-order valence-corrected chi connectivity index (χ2v) is 3.61. The van der Waals surface area contributed by atoms with Gasteiger partial charge in [0.1, 0.15) is 0 Å².